The van der Waals surface area contributed by atoms with Crippen LogP contribution in [0.15, 0.2) is 30.9 Å². The molecule has 0 heterocycles. The van der Waals surface area contributed by atoms with Gasteiger partial charge < -0.3 is 10.4 Å². The molecule has 1 aromatic rings. The molecule has 18 heavy (non-hydrogen) atoms. The van der Waals surface area contributed by atoms with Crippen LogP contribution in [0.4, 0.5) is 4.79 Å². The van der Waals surface area contributed by atoms with Crippen molar-refractivity contribution < 1.29 is 9.90 Å². The summed E-state index contributed by atoms with van der Waals surface area (Å²) < 4.78 is 0. The van der Waals surface area contributed by atoms with E-state index in [-0.39, 0.29) is 5.54 Å². The topological polar surface area (TPSA) is 49.3 Å². The summed E-state index contributed by atoms with van der Waals surface area (Å²) in [5.74, 6) is 0. The van der Waals surface area contributed by atoms with Crippen LogP contribution < -0.4 is 5.32 Å². The first-order valence-corrected chi connectivity index (χ1v) is 6.32. The van der Waals surface area contributed by atoms with E-state index in [0.29, 0.717) is 11.4 Å². The van der Waals surface area contributed by atoms with Crippen LogP contribution in [0.3, 0.4) is 0 Å². The molecule has 0 bridgehead atoms. The van der Waals surface area contributed by atoms with Crippen molar-refractivity contribution in [1.29, 1.82) is 0 Å². The molecule has 0 spiro atoms. The summed E-state index contributed by atoms with van der Waals surface area (Å²) in [6, 6.07) is 5.87. The fourth-order valence-electron chi connectivity index (χ4n) is 2.15. The second-order valence-electron chi connectivity index (χ2n) is 4.81. The average molecular weight is 266 g/mol. The predicted octanol–water partition coefficient (Wildman–Crippen LogP) is 3.41. The Balaban J connectivity index is 2.15. The third-order valence-corrected chi connectivity index (χ3v) is 3.61. The van der Waals surface area contributed by atoms with Crippen molar-refractivity contribution in [3.05, 3.63) is 47.0 Å². The summed E-state index contributed by atoms with van der Waals surface area (Å²) in [5.41, 5.74) is 1.85. The van der Waals surface area contributed by atoms with Crippen LogP contribution in [0.1, 0.15) is 24.0 Å². The van der Waals surface area contributed by atoms with Gasteiger partial charge in [-0.2, -0.15) is 0 Å². The van der Waals surface area contributed by atoms with Gasteiger partial charge in [-0.05, 0) is 42.9 Å². The number of amides is 1. The standard InChI is InChI=1S/C14H16ClNO2/c1-2-3-10-4-5-12(15)11(8-10)9-14(6-7-14)16-13(17)18/h2,4-5,8,16H,1,3,6-7,9H2,(H,17,18). The second kappa shape index (κ2) is 5.02. The minimum atomic E-state index is -0.967. The number of benzene rings is 1. The van der Waals surface area contributed by atoms with Crippen LogP contribution in [0, 0.1) is 0 Å². The van der Waals surface area contributed by atoms with Crippen LogP contribution in [-0.2, 0) is 12.8 Å². The Labute approximate surface area is 111 Å². The molecule has 96 valence electrons. The SMILES string of the molecule is C=CCc1ccc(Cl)c(CC2(NC(=O)O)CC2)c1. The normalized spacial score (nSPS) is 16.1. The Hall–Kier alpha value is -1.48. The highest BCUT2D eigenvalue weighted by Gasteiger charge is 2.44. The van der Waals surface area contributed by atoms with E-state index in [0.717, 1.165) is 30.4 Å². The van der Waals surface area contributed by atoms with Gasteiger partial charge in [0.1, 0.15) is 0 Å². The third-order valence-electron chi connectivity index (χ3n) is 3.24. The molecule has 1 saturated carbocycles. The van der Waals surface area contributed by atoms with E-state index in [1.807, 2.05) is 24.3 Å². The van der Waals surface area contributed by atoms with Gasteiger partial charge >= 0.3 is 6.09 Å². The summed E-state index contributed by atoms with van der Waals surface area (Å²) in [4.78, 5) is 10.7. The number of nitrogens with one attached hydrogen (secondary N) is 1. The van der Waals surface area contributed by atoms with Gasteiger partial charge in [-0.25, -0.2) is 4.79 Å². The smallest absolute Gasteiger partial charge is 0.405 e. The minimum Gasteiger partial charge on any atom is -0.465 e. The number of hydrogen-bond donors (Lipinski definition) is 2. The Morgan fingerprint density at radius 2 is 2.28 bits per heavy atom. The van der Waals surface area contributed by atoms with Gasteiger partial charge in [0.25, 0.3) is 0 Å². The molecule has 0 unspecified atom stereocenters. The molecule has 0 aliphatic heterocycles. The zero-order chi connectivity index (χ0) is 13.2. The molecule has 1 amide bonds. The molecule has 0 saturated heterocycles. The minimum absolute atomic E-state index is 0.303. The molecule has 1 aromatic carbocycles. The quantitative estimate of drug-likeness (QED) is 0.802. The largest absolute Gasteiger partial charge is 0.465 e. The van der Waals surface area contributed by atoms with Crippen molar-refractivity contribution in [1.82, 2.24) is 5.32 Å². The molecule has 0 radical (unpaired) electrons. The van der Waals surface area contributed by atoms with Gasteiger partial charge in [0.05, 0.1) is 0 Å². The first-order chi connectivity index (χ1) is 8.54. The molecule has 0 aromatic heterocycles. The second-order valence-corrected chi connectivity index (χ2v) is 5.21. The maximum atomic E-state index is 10.7. The van der Waals surface area contributed by atoms with E-state index in [4.69, 9.17) is 16.7 Å². The van der Waals surface area contributed by atoms with Crippen LogP contribution >= 0.6 is 11.6 Å². The van der Waals surface area contributed by atoms with E-state index in [2.05, 4.69) is 11.9 Å². The van der Waals surface area contributed by atoms with Crippen molar-refractivity contribution in [3.8, 4) is 0 Å². The highest BCUT2D eigenvalue weighted by atomic mass is 35.5. The molecule has 1 aliphatic carbocycles. The maximum Gasteiger partial charge on any atom is 0.405 e. The summed E-state index contributed by atoms with van der Waals surface area (Å²) >= 11 is 6.17. The van der Waals surface area contributed by atoms with Gasteiger partial charge in [-0.1, -0.05) is 29.8 Å². The van der Waals surface area contributed by atoms with Crippen LogP contribution in [0.25, 0.3) is 0 Å². The number of halogens is 1. The molecule has 1 fully saturated rings. The van der Waals surface area contributed by atoms with Gasteiger partial charge in [0.2, 0.25) is 0 Å². The van der Waals surface area contributed by atoms with Crippen LogP contribution in [0.2, 0.25) is 5.02 Å². The molecule has 0 atom stereocenters. The zero-order valence-electron chi connectivity index (χ0n) is 10.1. The van der Waals surface area contributed by atoms with Gasteiger partial charge in [0, 0.05) is 10.6 Å². The van der Waals surface area contributed by atoms with Gasteiger partial charge in [-0.3, -0.25) is 0 Å². The highest BCUT2D eigenvalue weighted by molar-refractivity contribution is 6.31. The fourth-order valence-corrected chi connectivity index (χ4v) is 2.33. The predicted molar refractivity (Wildman–Crippen MR) is 72.2 cm³/mol. The molecular weight excluding hydrogens is 250 g/mol. The van der Waals surface area contributed by atoms with Crippen molar-refractivity contribution >= 4 is 17.7 Å². The molecule has 2 rings (SSSR count). The van der Waals surface area contributed by atoms with Crippen molar-refractivity contribution in [2.45, 2.75) is 31.2 Å². The van der Waals surface area contributed by atoms with E-state index < -0.39 is 6.09 Å². The number of carboxylic acid groups (broad SMARTS) is 1. The number of allylic oxidation sites excluding steroid dienone is 1. The van der Waals surface area contributed by atoms with Crippen molar-refractivity contribution in [2.24, 2.45) is 0 Å². The van der Waals surface area contributed by atoms with E-state index in [1.165, 1.54) is 0 Å². The summed E-state index contributed by atoms with van der Waals surface area (Å²) in [5, 5.41) is 12.1. The lowest BCUT2D eigenvalue weighted by Gasteiger charge is -2.16. The lowest BCUT2D eigenvalue weighted by molar-refractivity contribution is 0.188. The molecule has 3 nitrogen and oxygen atoms in total. The van der Waals surface area contributed by atoms with Gasteiger partial charge in [0.15, 0.2) is 0 Å². The Bertz CT molecular complexity index is 481. The van der Waals surface area contributed by atoms with Crippen molar-refractivity contribution in [2.75, 3.05) is 0 Å². The number of rotatable bonds is 5. The lowest BCUT2D eigenvalue weighted by atomic mass is 10.0. The highest BCUT2D eigenvalue weighted by Crippen LogP contribution is 2.40. The Morgan fingerprint density at radius 1 is 1.56 bits per heavy atom. The molecule has 1 aliphatic rings. The molecular formula is C14H16ClNO2. The lowest BCUT2D eigenvalue weighted by Crippen LogP contribution is -2.37. The first kappa shape index (κ1) is 13.0. The van der Waals surface area contributed by atoms with Gasteiger partial charge in [-0.15, -0.1) is 6.58 Å². The monoisotopic (exact) mass is 265 g/mol. The van der Waals surface area contributed by atoms with E-state index in [9.17, 15) is 4.79 Å². The van der Waals surface area contributed by atoms with Crippen molar-refractivity contribution in [3.63, 3.8) is 0 Å². The number of hydrogen-bond acceptors (Lipinski definition) is 1. The third kappa shape index (κ3) is 3.05. The van der Waals surface area contributed by atoms with E-state index >= 15 is 0 Å². The van der Waals surface area contributed by atoms with Crippen LogP contribution in [-0.4, -0.2) is 16.7 Å². The van der Waals surface area contributed by atoms with Crippen LogP contribution in [0.5, 0.6) is 0 Å². The Kier molecular flexibility index (Phi) is 3.62. The summed E-state index contributed by atoms with van der Waals surface area (Å²) in [6.45, 7) is 3.71. The summed E-state index contributed by atoms with van der Waals surface area (Å²) in [7, 11) is 0. The number of carbonyl (C=O) groups is 1. The first-order valence-electron chi connectivity index (χ1n) is 5.94. The summed E-state index contributed by atoms with van der Waals surface area (Å²) in [6.07, 6.45) is 4.08. The fraction of sp³-hybridized carbons (Fsp3) is 0.357. The van der Waals surface area contributed by atoms with E-state index in [1.54, 1.807) is 0 Å². The Morgan fingerprint density at radius 3 is 2.83 bits per heavy atom. The molecule has 2 N–H and O–H groups in total. The molecule has 4 heteroatoms. The average Bonchev–Trinajstić information content (AvgIpc) is 3.02. The zero-order valence-corrected chi connectivity index (χ0v) is 10.8. The maximum absolute atomic E-state index is 10.7.